The van der Waals surface area contributed by atoms with Crippen LogP contribution in [0.15, 0.2) is 40.3 Å². The maximum absolute atomic E-state index is 12.4. The molecule has 0 fully saturated rings. The van der Waals surface area contributed by atoms with Crippen LogP contribution < -0.4 is 9.47 Å². The van der Waals surface area contributed by atoms with E-state index in [1.807, 2.05) is 18.4 Å². The molecule has 0 N–H and O–H groups in total. The minimum absolute atomic E-state index is 0.0763. The number of cyclic esters (lactones) is 1. The second-order valence-electron chi connectivity index (χ2n) is 5.05. The van der Waals surface area contributed by atoms with Gasteiger partial charge in [0, 0.05) is 10.4 Å². The van der Waals surface area contributed by atoms with Gasteiger partial charge >= 0.3 is 12.6 Å². The molecule has 1 aliphatic heterocycles. The van der Waals surface area contributed by atoms with Crippen LogP contribution in [0, 0.1) is 6.92 Å². The topological polar surface area (TPSA) is 57.1 Å². The number of hydrogen-bond acceptors (Lipinski definition) is 6. The fourth-order valence-corrected chi connectivity index (χ4v) is 3.04. The molecule has 5 nitrogen and oxygen atoms in total. The Labute approximate surface area is 146 Å². The molecule has 130 valence electrons. The number of rotatable bonds is 5. The Balaban J connectivity index is 1.92. The van der Waals surface area contributed by atoms with Gasteiger partial charge in [-0.25, -0.2) is 9.79 Å². The lowest BCUT2D eigenvalue weighted by molar-refractivity contribution is -0.129. The first-order valence-corrected chi connectivity index (χ1v) is 8.06. The minimum Gasteiger partial charge on any atom is -0.493 e. The first kappa shape index (κ1) is 17.1. The van der Waals surface area contributed by atoms with Crippen LogP contribution in [0.1, 0.15) is 16.0 Å². The Hall–Kier alpha value is -2.74. The highest BCUT2D eigenvalue weighted by Crippen LogP contribution is 2.31. The van der Waals surface area contributed by atoms with Crippen molar-refractivity contribution in [1.29, 1.82) is 0 Å². The molecular formula is C17H13F2NO4S. The molecular weight excluding hydrogens is 352 g/mol. The highest BCUT2D eigenvalue weighted by atomic mass is 32.1. The Kier molecular flexibility index (Phi) is 4.80. The predicted octanol–water partition coefficient (Wildman–Crippen LogP) is 4.01. The van der Waals surface area contributed by atoms with Crippen molar-refractivity contribution >= 4 is 29.3 Å². The van der Waals surface area contributed by atoms with Crippen LogP contribution in [0.5, 0.6) is 11.5 Å². The molecule has 0 spiro atoms. The van der Waals surface area contributed by atoms with Crippen LogP contribution in [-0.4, -0.2) is 25.6 Å². The molecule has 25 heavy (non-hydrogen) atoms. The number of halogens is 2. The lowest BCUT2D eigenvalue weighted by Crippen LogP contribution is -2.07. The number of aryl methyl sites for hydroxylation is 1. The molecule has 2 aromatic rings. The summed E-state index contributed by atoms with van der Waals surface area (Å²) in [7, 11) is 1.32. The van der Waals surface area contributed by atoms with E-state index in [4.69, 9.17) is 9.47 Å². The summed E-state index contributed by atoms with van der Waals surface area (Å²) in [6, 6.07) is 6.13. The molecule has 0 unspecified atom stereocenters. The van der Waals surface area contributed by atoms with Gasteiger partial charge in [-0.2, -0.15) is 8.78 Å². The van der Waals surface area contributed by atoms with Crippen molar-refractivity contribution < 1.29 is 27.8 Å². The molecule has 3 rings (SSSR count). The van der Waals surface area contributed by atoms with Gasteiger partial charge in [-0.05, 0) is 48.2 Å². The summed E-state index contributed by atoms with van der Waals surface area (Å²) in [6.45, 7) is -1.04. The molecule has 0 bridgehead atoms. The predicted molar refractivity (Wildman–Crippen MR) is 89.3 cm³/mol. The smallest absolute Gasteiger partial charge is 0.387 e. The monoisotopic (exact) mass is 365 g/mol. The number of thiophene rings is 1. The second-order valence-corrected chi connectivity index (χ2v) is 6.00. The Morgan fingerprint density at radius 2 is 2.08 bits per heavy atom. The number of aliphatic imine (C=N–C) groups is 1. The van der Waals surface area contributed by atoms with Gasteiger partial charge in [0.15, 0.2) is 17.2 Å². The van der Waals surface area contributed by atoms with Crippen LogP contribution in [0.2, 0.25) is 0 Å². The molecule has 1 aromatic heterocycles. The van der Waals surface area contributed by atoms with Gasteiger partial charge in [0.25, 0.3) is 0 Å². The zero-order chi connectivity index (χ0) is 18.0. The summed E-state index contributed by atoms with van der Waals surface area (Å²) in [5.74, 6) is -0.527. The molecule has 0 saturated heterocycles. The first-order chi connectivity index (χ1) is 12.0. The summed E-state index contributed by atoms with van der Waals surface area (Å²) in [6.07, 6.45) is 1.65. The number of carbonyl (C=O) groups excluding carboxylic acids is 1. The average Bonchev–Trinajstić information content (AvgIpc) is 3.14. The molecule has 0 saturated carbocycles. The number of methoxy groups -OCH3 is 1. The van der Waals surface area contributed by atoms with E-state index in [2.05, 4.69) is 9.73 Å². The number of carbonyl (C=O) groups is 1. The summed E-state index contributed by atoms with van der Waals surface area (Å²) in [5.41, 5.74) is 1.62. The number of nitrogens with zero attached hydrogens (tertiary/aromatic N) is 1. The zero-order valence-corrected chi connectivity index (χ0v) is 14.1. The quantitative estimate of drug-likeness (QED) is 0.593. The molecule has 1 aliphatic rings. The van der Waals surface area contributed by atoms with Crippen LogP contribution >= 0.6 is 11.3 Å². The number of benzene rings is 1. The fourth-order valence-electron chi connectivity index (χ4n) is 2.18. The van der Waals surface area contributed by atoms with Crippen LogP contribution in [0.3, 0.4) is 0 Å². The maximum Gasteiger partial charge on any atom is 0.387 e. The van der Waals surface area contributed by atoms with E-state index >= 15 is 0 Å². The molecule has 0 atom stereocenters. The number of esters is 1. The summed E-state index contributed by atoms with van der Waals surface area (Å²) < 4.78 is 39.3. The minimum atomic E-state index is -2.97. The van der Waals surface area contributed by atoms with E-state index in [9.17, 15) is 13.6 Å². The van der Waals surface area contributed by atoms with Crippen molar-refractivity contribution in [1.82, 2.24) is 0 Å². The second kappa shape index (κ2) is 7.02. The van der Waals surface area contributed by atoms with Crippen molar-refractivity contribution in [3.8, 4) is 11.5 Å². The van der Waals surface area contributed by atoms with Gasteiger partial charge in [-0.15, -0.1) is 11.3 Å². The van der Waals surface area contributed by atoms with Gasteiger partial charge in [-0.1, -0.05) is 0 Å². The maximum atomic E-state index is 12.4. The van der Waals surface area contributed by atoms with E-state index in [0.717, 1.165) is 10.4 Å². The Morgan fingerprint density at radius 1 is 1.28 bits per heavy atom. The first-order valence-electron chi connectivity index (χ1n) is 7.18. The van der Waals surface area contributed by atoms with Gasteiger partial charge in [0.1, 0.15) is 0 Å². The largest absolute Gasteiger partial charge is 0.493 e. The summed E-state index contributed by atoms with van der Waals surface area (Å²) >= 11 is 1.49. The third-order valence-corrected chi connectivity index (χ3v) is 4.38. The average molecular weight is 365 g/mol. The molecule has 0 radical (unpaired) electrons. The molecule has 0 aliphatic carbocycles. The SMILES string of the molecule is COc1cc(C2=N/C(=C/c3sccc3C)C(=O)O2)ccc1OC(F)F. The van der Waals surface area contributed by atoms with E-state index in [0.29, 0.717) is 5.56 Å². The molecule has 1 aromatic carbocycles. The number of hydrogen-bond donors (Lipinski definition) is 0. The van der Waals surface area contributed by atoms with E-state index in [1.54, 1.807) is 6.08 Å². The molecule has 2 heterocycles. The Bertz CT molecular complexity index is 873. The van der Waals surface area contributed by atoms with Gasteiger partial charge in [0.05, 0.1) is 7.11 Å². The fraction of sp³-hybridized carbons (Fsp3) is 0.176. The number of alkyl halides is 2. The highest BCUT2D eigenvalue weighted by molar-refractivity contribution is 7.11. The van der Waals surface area contributed by atoms with Gasteiger partial charge in [-0.3, -0.25) is 0 Å². The summed E-state index contributed by atoms with van der Waals surface area (Å²) in [5, 5.41) is 1.92. The van der Waals surface area contributed by atoms with Crippen molar-refractivity contribution in [3.63, 3.8) is 0 Å². The molecule has 8 heteroatoms. The van der Waals surface area contributed by atoms with Crippen molar-refractivity contribution in [3.05, 3.63) is 51.3 Å². The van der Waals surface area contributed by atoms with Crippen molar-refractivity contribution in [2.24, 2.45) is 4.99 Å². The van der Waals surface area contributed by atoms with Gasteiger partial charge in [0.2, 0.25) is 5.90 Å². The van der Waals surface area contributed by atoms with E-state index in [1.165, 1.54) is 36.6 Å². The van der Waals surface area contributed by atoms with Crippen LogP contribution in [0.4, 0.5) is 8.78 Å². The van der Waals surface area contributed by atoms with Crippen LogP contribution in [-0.2, 0) is 9.53 Å². The lowest BCUT2D eigenvalue weighted by Gasteiger charge is -2.10. The zero-order valence-electron chi connectivity index (χ0n) is 13.3. The number of ether oxygens (including phenoxy) is 3. The Morgan fingerprint density at radius 3 is 2.72 bits per heavy atom. The van der Waals surface area contributed by atoms with Gasteiger partial charge < -0.3 is 14.2 Å². The van der Waals surface area contributed by atoms with E-state index in [-0.39, 0.29) is 23.1 Å². The van der Waals surface area contributed by atoms with Crippen LogP contribution in [0.25, 0.3) is 6.08 Å². The van der Waals surface area contributed by atoms with Crippen molar-refractivity contribution in [2.45, 2.75) is 13.5 Å². The van der Waals surface area contributed by atoms with E-state index < -0.39 is 12.6 Å². The lowest BCUT2D eigenvalue weighted by atomic mass is 10.2. The highest BCUT2D eigenvalue weighted by Gasteiger charge is 2.25. The standard InChI is InChI=1S/C17H13F2NO4S/c1-9-5-6-25-14(9)8-11-16(21)24-15(20-11)10-3-4-12(23-17(18)19)13(7-10)22-2/h3-8,17H,1-2H3/b11-8+. The summed E-state index contributed by atoms with van der Waals surface area (Å²) in [4.78, 5) is 17.1. The normalized spacial score (nSPS) is 15.5. The molecule has 0 amide bonds. The third kappa shape index (κ3) is 3.69. The third-order valence-electron chi connectivity index (χ3n) is 3.42. The van der Waals surface area contributed by atoms with Crippen molar-refractivity contribution in [2.75, 3.05) is 7.11 Å².